The summed E-state index contributed by atoms with van der Waals surface area (Å²) in [6, 6.07) is 13.7. The van der Waals surface area contributed by atoms with E-state index in [0.717, 1.165) is 34.2 Å². The molecule has 3 aromatic carbocycles. The number of ether oxygens (including phenoxy) is 1. The fourth-order valence-electron chi connectivity index (χ4n) is 3.58. The fraction of sp³-hybridized carbons (Fsp3) is 0.200. The van der Waals surface area contributed by atoms with E-state index in [1.165, 1.54) is 6.07 Å². The van der Waals surface area contributed by atoms with Crippen molar-refractivity contribution in [3.63, 3.8) is 0 Å². The number of aryl methyl sites for hydroxylation is 2. The number of carbonyl (C=O) groups excluding carboxylic acids is 1. The highest BCUT2D eigenvalue weighted by atomic mass is 19.1. The number of amides is 1. The summed E-state index contributed by atoms with van der Waals surface area (Å²) in [5.41, 5.74) is 2.03. The molecule has 0 bridgehead atoms. The molecule has 1 N–H and O–H groups in total. The lowest BCUT2D eigenvalue weighted by atomic mass is 10.0. The zero-order valence-electron chi connectivity index (χ0n) is 17.9. The zero-order chi connectivity index (χ0) is 22.8. The van der Waals surface area contributed by atoms with Crippen LogP contribution >= 0.6 is 0 Å². The molecule has 32 heavy (non-hydrogen) atoms. The minimum atomic E-state index is -0.716. The molecule has 4 rings (SSSR count). The summed E-state index contributed by atoms with van der Waals surface area (Å²) in [7, 11) is 0. The number of carbonyl (C=O) groups is 1. The third kappa shape index (κ3) is 4.32. The lowest BCUT2D eigenvalue weighted by molar-refractivity contribution is 0.0935. The first-order valence-corrected chi connectivity index (χ1v) is 10.2. The van der Waals surface area contributed by atoms with Crippen LogP contribution in [0.2, 0.25) is 0 Å². The monoisotopic (exact) mass is 436 g/mol. The molecule has 7 heteroatoms. The van der Waals surface area contributed by atoms with E-state index >= 15 is 0 Å². The third-order valence-corrected chi connectivity index (χ3v) is 5.42. The summed E-state index contributed by atoms with van der Waals surface area (Å²) in [5.74, 6) is -0.788. The molecule has 1 atom stereocenters. The number of halogens is 2. The third-order valence-electron chi connectivity index (χ3n) is 5.42. The molecule has 0 aliphatic carbocycles. The van der Waals surface area contributed by atoms with Crippen molar-refractivity contribution in [3.05, 3.63) is 94.4 Å². The molecular formula is C25H22F2N2O3. The molecule has 0 saturated heterocycles. The second-order valence-electron chi connectivity index (χ2n) is 7.65. The Labute approximate surface area is 184 Å². The molecule has 0 saturated carbocycles. The molecule has 1 heterocycles. The highest BCUT2D eigenvalue weighted by molar-refractivity contribution is 6.01. The van der Waals surface area contributed by atoms with Crippen molar-refractivity contribution in [2.45, 2.75) is 33.4 Å². The van der Waals surface area contributed by atoms with E-state index in [1.807, 2.05) is 31.2 Å². The normalized spacial score (nSPS) is 12.0. The van der Waals surface area contributed by atoms with Gasteiger partial charge in [0, 0.05) is 11.6 Å². The van der Waals surface area contributed by atoms with Crippen LogP contribution < -0.4 is 10.1 Å². The molecule has 0 fully saturated rings. The lowest BCUT2D eigenvalue weighted by Crippen LogP contribution is -2.27. The molecule has 0 aliphatic heterocycles. The van der Waals surface area contributed by atoms with Crippen LogP contribution in [-0.4, -0.2) is 11.1 Å². The van der Waals surface area contributed by atoms with Crippen LogP contribution in [0.5, 0.6) is 5.75 Å². The van der Waals surface area contributed by atoms with Gasteiger partial charge in [0.05, 0.1) is 22.9 Å². The van der Waals surface area contributed by atoms with Gasteiger partial charge in [-0.05, 0) is 49.7 Å². The maximum atomic E-state index is 14.2. The van der Waals surface area contributed by atoms with Crippen molar-refractivity contribution in [2.75, 3.05) is 0 Å². The van der Waals surface area contributed by atoms with E-state index in [9.17, 15) is 13.6 Å². The molecule has 1 aromatic heterocycles. The Morgan fingerprint density at radius 2 is 1.81 bits per heavy atom. The largest absolute Gasteiger partial charge is 0.488 e. The van der Waals surface area contributed by atoms with Gasteiger partial charge in [0.1, 0.15) is 29.8 Å². The maximum Gasteiger partial charge on any atom is 0.255 e. The number of hydrogen-bond acceptors (Lipinski definition) is 4. The summed E-state index contributed by atoms with van der Waals surface area (Å²) in [6.45, 7) is 5.44. The van der Waals surface area contributed by atoms with E-state index in [0.29, 0.717) is 17.1 Å². The number of nitrogens with one attached hydrogen (secondary N) is 1. The Balaban J connectivity index is 1.65. The van der Waals surface area contributed by atoms with Crippen molar-refractivity contribution in [1.29, 1.82) is 0 Å². The highest BCUT2D eigenvalue weighted by Gasteiger charge is 2.20. The van der Waals surface area contributed by atoms with Crippen molar-refractivity contribution in [3.8, 4) is 5.75 Å². The van der Waals surface area contributed by atoms with Gasteiger partial charge in [-0.25, -0.2) is 8.78 Å². The van der Waals surface area contributed by atoms with Gasteiger partial charge < -0.3 is 14.6 Å². The molecule has 4 aromatic rings. The molecule has 5 nitrogen and oxygen atoms in total. The summed E-state index contributed by atoms with van der Waals surface area (Å²) < 4.78 is 38.6. The van der Waals surface area contributed by atoms with Crippen LogP contribution in [-0.2, 0) is 6.61 Å². The lowest BCUT2D eigenvalue weighted by Gasteiger charge is -2.18. The molecule has 0 radical (unpaired) electrons. The highest BCUT2D eigenvalue weighted by Crippen LogP contribution is 2.29. The van der Waals surface area contributed by atoms with Crippen molar-refractivity contribution in [1.82, 2.24) is 10.5 Å². The Bertz CT molecular complexity index is 1280. The van der Waals surface area contributed by atoms with Crippen molar-refractivity contribution < 1.29 is 22.8 Å². The number of nitrogens with zero attached hydrogens (tertiary/aromatic N) is 1. The standard InChI is InChI=1S/C25H22F2N2O3/c1-14(20-9-8-19(26)12-23(20)27)28-25(30)21-10-17-6-4-5-7-18(17)11-24(21)31-13-22-15(2)29-32-16(22)3/h4-12,14H,13H2,1-3H3,(H,28,30)/t14-/m1/s1. The molecular weight excluding hydrogens is 414 g/mol. The van der Waals surface area contributed by atoms with Crippen LogP contribution in [0.3, 0.4) is 0 Å². The quantitative estimate of drug-likeness (QED) is 0.415. The van der Waals surface area contributed by atoms with Crippen LogP contribution in [0.15, 0.2) is 59.1 Å². The minimum Gasteiger partial charge on any atom is -0.488 e. The summed E-state index contributed by atoms with van der Waals surface area (Å²) >= 11 is 0. The topological polar surface area (TPSA) is 64.4 Å². The van der Waals surface area contributed by atoms with Crippen molar-refractivity contribution in [2.24, 2.45) is 0 Å². The van der Waals surface area contributed by atoms with Crippen molar-refractivity contribution >= 4 is 16.7 Å². The first-order valence-electron chi connectivity index (χ1n) is 10.2. The van der Waals surface area contributed by atoms with Gasteiger partial charge in [-0.3, -0.25) is 4.79 Å². The van der Waals surface area contributed by atoms with Gasteiger partial charge in [-0.1, -0.05) is 35.5 Å². The molecule has 0 spiro atoms. The number of fused-ring (bicyclic) bond motifs is 1. The van der Waals surface area contributed by atoms with Gasteiger partial charge in [-0.15, -0.1) is 0 Å². The van der Waals surface area contributed by atoms with Gasteiger partial charge in [-0.2, -0.15) is 0 Å². The Morgan fingerprint density at radius 1 is 1.09 bits per heavy atom. The summed E-state index contributed by atoms with van der Waals surface area (Å²) in [6.07, 6.45) is 0. The molecule has 164 valence electrons. The minimum absolute atomic E-state index is 0.182. The van der Waals surface area contributed by atoms with Crippen LogP contribution in [0.25, 0.3) is 10.8 Å². The zero-order valence-corrected chi connectivity index (χ0v) is 17.9. The van der Waals surface area contributed by atoms with E-state index in [-0.39, 0.29) is 12.2 Å². The van der Waals surface area contributed by atoms with E-state index in [2.05, 4.69) is 10.5 Å². The average Bonchev–Trinajstić information content (AvgIpc) is 3.08. The van der Waals surface area contributed by atoms with Crippen LogP contribution in [0, 0.1) is 25.5 Å². The van der Waals surface area contributed by atoms with Crippen LogP contribution in [0.1, 0.15) is 45.9 Å². The second-order valence-corrected chi connectivity index (χ2v) is 7.65. The fourth-order valence-corrected chi connectivity index (χ4v) is 3.58. The number of benzene rings is 3. The molecule has 0 unspecified atom stereocenters. The number of aromatic nitrogens is 1. The van der Waals surface area contributed by atoms with E-state index in [4.69, 9.17) is 9.26 Å². The molecule has 0 aliphatic rings. The molecule has 1 amide bonds. The Morgan fingerprint density at radius 3 is 2.47 bits per heavy atom. The Kier molecular flexibility index (Phi) is 5.90. The predicted octanol–water partition coefficient (Wildman–Crippen LogP) is 5.79. The van der Waals surface area contributed by atoms with Gasteiger partial charge in [0.2, 0.25) is 0 Å². The summed E-state index contributed by atoms with van der Waals surface area (Å²) in [5, 5.41) is 8.48. The number of rotatable bonds is 6. The first kappa shape index (κ1) is 21.5. The smallest absolute Gasteiger partial charge is 0.255 e. The SMILES string of the molecule is Cc1noc(C)c1COc1cc2ccccc2cc1C(=O)N[C@H](C)c1ccc(F)cc1F. The number of hydrogen-bond donors (Lipinski definition) is 1. The summed E-state index contributed by atoms with van der Waals surface area (Å²) in [4.78, 5) is 13.1. The van der Waals surface area contributed by atoms with Gasteiger partial charge in [0.25, 0.3) is 5.91 Å². The van der Waals surface area contributed by atoms with Crippen LogP contribution in [0.4, 0.5) is 8.78 Å². The first-order chi connectivity index (χ1) is 15.3. The average molecular weight is 436 g/mol. The Hall–Kier alpha value is -3.74. The predicted molar refractivity (Wildman–Crippen MR) is 116 cm³/mol. The maximum absolute atomic E-state index is 14.2. The van der Waals surface area contributed by atoms with E-state index < -0.39 is 23.6 Å². The van der Waals surface area contributed by atoms with E-state index in [1.54, 1.807) is 26.0 Å². The van der Waals surface area contributed by atoms with Gasteiger partial charge >= 0.3 is 0 Å². The van der Waals surface area contributed by atoms with Gasteiger partial charge in [0.15, 0.2) is 0 Å². The second kappa shape index (κ2) is 8.78.